The van der Waals surface area contributed by atoms with Crippen LogP contribution in [0, 0.1) is 0 Å². The molecule has 0 N–H and O–H groups in total. The maximum absolute atomic E-state index is 14.2. The molecule has 0 aromatic heterocycles. The van der Waals surface area contributed by atoms with Crippen molar-refractivity contribution >= 4 is 5.91 Å². The number of carbonyl (C=O) groups excluding carboxylic acids is 1. The van der Waals surface area contributed by atoms with E-state index in [9.17, 15) is 13.6 Å². The second-order valence-corrected chi connectivity index (χ2v) is 6.11. The Hall–Kier alpha value is -2.17. The number of benzene rings is 1. The van der Waals surface area contributed by atoms with Crippen molar-refractivity contribution in [3.63, 3.8) is 0 Å². The first-order valence-corrected chi connectivity index (χ1v) is 8.56. The largest absolute Gasteiger partial charge is 0.501 e. The van der Waals surface area contributed by atoms with E-state index in [-0.39, 0.29) is 23.9 Å². The van der Waals surface area contributed by atoms with Gasteiger partial charge in [-0.1, -0.05) is 42.5 Å². The highest BCUT2D eigenvalue weighted by molar-refractivity contribution is 5.79. The van der Waals surface area contributed by atoms with Gasteiger partial charge in [0.05, 0.1) is 18.9 Å². The molecule has 1 atom stereocenters. The number of rotatable bonds is 8. The summed E-state index contributed by atoms with van der Waals surface area (Å²) in [6.07, 6.45) is 6.50. The smallest absolute Gasteiger partial charge is 0.276 e. The van der Waals surface area contributed by atoms with Crippen molar-refractivity contribution in [2.45, 2.75) is 44.6 Å². The molecule has 1 heterocycles. The maximum atomic E-state index is 14.2. The summed E-state index contributed by atoms with van der Waals surface area (Å²) in [5, 5.41) is 0. The second kappa shape index (κ2) is 8.79. The topological polar surface area (TPSA) is 29.5 Å². The zero-order chi connectivity index (χ0) is 18.3. The van der Waals surface area contributed by atoms with E-state index in [1.54, 1.807) is 36.3 Å². The number of halogens is 2. The molecule has 2 rings (SSSR count). The first-order chi connectivity index (χ1) is 12.0. The normalized spacial score (nSPS) is 19.0. The van der Waals surface area contributed by atoms with Crippen LogP contribution in [0.1, 0.15) is 38.2 Å². The summed E-state index contributed by atoms with van der Waals surface area (Å²) in [7, 11) is 1.60. The Morgan fingerprint density at radius 2 is 2.08 bits per heavy atom. The van der Waals surface area contributed by atoms with Crippen molar-refractivity contribution in [1.82, 2.24) is 4.90 Å². The predicted octanol–water partition coefficient (Wildman–Crippen LogP) is 4.66. The minimum Gasteiger partial charge on any atom is -0.501 e. The molecule has 1 aliphatic rings. The molecule has 0 radical (unpaired) electrons. The number of allylic oxidation sites excluding steroid dienone is 2. The highest BCUT2D eigenvalue weighted by atomic mass is 19.3. The van der Waals surface area contributed by atoms with Crippen LogP contribution in [0.4, 0.5) is 8.78 Å². The lowest BCUT2D eigenvalue weighted by Gasteiger charge is -2.23. The van der Waals surface area contributed by atoms with Crippen LogP contribution in [0.3, 0.4) is 0 Å². The Labute approximate surface area is 148 Å². The van der Waals surface area contributed by atoms with Gasteiger partial charge in [0.1, 0.15) is 0 Å². The summed E-state index contributed by atoms with van der Waals surface area (Å²) in [5.41, 5.74) is 0.0109. The van der Waals surface area contributed by atoms with Crippen LogP contribution in [0.25, 0.3) is 0 Å². The molecule has 0 spiro atoms. The van der Waals surface area contributed by atoms with E-state index in [4.69, 9.17) is 4.74 Å². The fourth-order valence-electron chi connectivity index (χ4n) is 3.01. The van der Waals surface area contributed by atoms with Crippen molar-refractivity contribution in [3.05, 3.63) is 59.9 Å². The quantitative estimate of drug-likeness (QED) is 0.505. The molecular weight excluding hydrogens is 324 g/mol. The van der Waals surface area contributed by atoms with Crippen LogP contribution in [-0.2, 0) is 15.5 Å². The van der Waals surface area contributed by atoms with E-state index < -0.39 is 5.92 Å². The molecule has 1 unspecified atom stereocenters. The van der Waals surface area contributed by atoms with Gasteiger partial charge in [-0.15, -0.1) is 0 Å². The summed E-state index contributed by atoms with van der Waals surface area (Å²) < 4.78 is 33.6. The van der Waals surface area contributed by atoms with E-state index >= 15 is 0 Å². The van der Waals surface area contributed by atoms with Crippen molar-refractivity contribution in [3.8, 4) is 0 Å². The molecule has 0 aliphatic carbocycles. The van der Waals surface area contributed by atoms with Gasteiger partial charge in [0.25, 0.3) is 5.92 Å². The number of hydrogen-bond donors (Lipinski definition) is 0. The van der Waals surface area contributed by atoms with Gasteiger partial charge in [0.15, 0.2) is 0 Å². The lowest BCUT2D eigenvalue weighted by molar-refractivity contribution is -0.128. The Bertz CT molecular complexity index is 626. The van der Waals surface area contributed by atoms with Crippen molar-refractivity contribution < 1.29 is 18.3 Å². The number of likely N-dealkylation sites (tertiary alicyclic amines) is 1. The average molecular weight is 349 g/mol. The molecule has 25 heavy (non-hydrogen) atoms. The number of alkyl halides is 2. The number of hydrogen-bond acceptors (Lipinski definition) is 2. The third kappa shape index (κ3) is 5.15. The number of amides is 1. The minimum atomic E-state index is -2.90. The van der Waals surface area contributed by atoms with Crippen LogP contribution in [0.15, 0.2) is 54.3 Å². The van der Waals surface area contributed by atoms with Gasteiger partial charge in [-0.25, -0.2) is 8.78 Å². The number of nitrogens with zero attached hydrogens (tertiary/aromatic N) is 1. The lowest BCUT2D eigenvalue weighted by atomic mass is 10.0. The Kier molecular flexibility index (Phi) is 6.73. The number of methoxy groups -OCH3 is 1. The van der Waals surface area contributed by atoms with Crippen molar-refractivity contribution in [2.75, 3.05) is 13.7 Å². The molecule has 0 saturated carbocycles. The summed E-state index contributed by atoms with van der Waals surface area (Å²) >= 11 is 0. The molecule has 136 valence electrons. The Morgan fingerprint density at radius 3 is 2.72 bits per heavy atom. The number of ether oxygens (including phenoxy) is 1. The van der Waals surface area contributed by atoms with Crippen LogP contribution < -0.4 is 0 Å². The maximum Gasteiger partial charge on any atom is 0.276 e. The molecule has 3 nitrogen and oxygen atoms in total. The monoisotopic (exact) mass is 349 g/mol. The zero-order valence-corrected chi connectivity index (χ0v) is 14.8. The molecule has 1 aromatic rings. The van der Waals surface area contributed by atoms with E-state index in [2.05, 4.69) is 0 Å². The minimum absolute atomic E-state index is 0.0109. The summed E-state index contributed by atoms with van der Waals surface area (Å²) in [4.78, 5) is 13.8. The summed E-state index contributed by atoms with van der Waals surface area (Å²) in [6.45, 7) is 2.42. The second-order valence-electron chi connectivity index (χ2n) is 6.11. The first-order valence-electron chi connectivity index (χ1n) is 8.56. The highest BCUT2D eigenvalue weighted by Crippen LogP contribution is 2.32. The molecule has 1 amide bonds. The van der Waals surface area contributed by atoms with E-state index in [0.717, 1.165) is 5.76 Å². The molecule has 5 heteroatoms. The van der Waals surface area contributed by atoms with E-state index in [1.165, 1.54) is 18.2 Å². The Morgan fingerprint density at radius 1 is 1.36 bits per heavy atom. The number of carbonyl (C=O) groups is 1. The van der Waals surface area contributed by atoms with Crippen molar-refractivity contribution in [2.24, 2.45) is 0 Å². The molecule has 1 saturated heterocycles. The predicted molar refractivity (Wildman–Crippen MR) is 94.2 cm³/mol. The van der Waals surface area contributed by atoms with Crippen LogP contribution in [0.5, 0.6) is 0 Å². The van der Waals surface area contributed by atoms with E-state index in [0.29, 0.717) is 25.8 Å². The zero-order valence-electron chi connectivity index (χ0n) is 14.8. The van der Waals surface area contributed by atoms with Gasteiger partial charge < -0.3 is 9.64 Å². The van der Waals surface area contributed by atoms with Gasteiger partial charge in [-0.2, -0.15) is 0 Å². The summed E-state index contributed by atoms with van der Waals surface area (Å²) in [5.74, 6) is -2.02. The fourth-order valence-corrected chi connectivity index (χ4v) is 3.01. The molecular formula is C20H25F2NO2. The molecule has 1 aromatic carbocycles. The molecule has 1 aliphatic heterocycles. The first kappa shape index (κ1) is 19.2. The van der Waals surface area contributed by atoms with Gasteiger partial charge in [-0.05, 0) is 19.4 Å². The lowest BCUT2D eigenvalue weighted by Crippen LogP contribution is -2.33. The fraction of sp³-hybridized carbons (Fsp3) is 0.450. The Balaban J connectivity index is 1.95. The summed E-state index contributed by atoms with van der Waals surface area (Å²) in [6, 6.07) is 7.69. The SMILES string of the molecule is C/C=C(\CCN1C(=O)CCC1/C=C/CC(F)(F)c1ccccc1)OC. The molecule has 1 fully saturated rings. The third-order valence-corrected chi connectivity index (χ3v) is 4.49. The van der Waals surface area contributed by atoms with Crippen LogP contribution in [-0.4, -0.2) is 30.5 Å². The van der Waals surface area contributed by atoms with Gasteiger partial charge in [0.2, 0.25) is 5.91 Å². The highest BCUT2D eigenvalue weighted by Gasteiger charge is 2.31. The third-order valence-electron chi connectivity index (χ3n) is 4.49. The van der Waals surface area contributed by atoms with E-state index in [1.807, 2.05) is 13.0 Å². The van der Waals surface area contributed by atoms with Gasteiger partial charge in [-0.3, -0.25) is 4.79 Å². The van der Waals surface area contributed by atoms with Gasteiger partial charge >= 0.3 is 0 Å². The average Bonchev–Trinajstić information content (AvgIpc) is 2.97. The van der Waals surface area contributed by atoms with Gasteiger partial charge in [0, 0.05) is 31.4 Å². The standard InChI is InChI=1S/C20H25F2NO2/c1-3-18(25-2)13-15-23-17(11-12-19(23)24)10-7-14-20(21,22)16-8-5-4-6-9-16/h3-10,17H,11-15H2,1-2H3/b10-7+,18-3+. The molecule has 0 bridgehead atoms. The van der Waals surface area contributed by atoms with Crippen LogP contribution >= 0.6 is 0 Å². The van der Waals surface area contributed by atoms with Crippen molar-refractivity contribution in [1.29, 1.82) is 0 Å². The van der Waals surface area contributed by atoms with Crippen LogP contribution in [0.2, 0.25) is 0 Å².